The number of aromatic carboxylic acids is 1. The van der Waals surface area contributed by atoms with Crippen LogP contribution >= 0.6 is 15.9 Å². The highest BCUT2D eigenvalue weighted by Gasteiger charge is 2.17. The maximum absolute atomic E-state index is 14.3. The predicted octanol–water partition coefficient (Wildman–Crippen LogP) is 4.80. The van der Waals surface area contributed by atoms with Gasteiger partial charge in [-0.3, -0.25) is 0 Å². The smallest absolute Gasteiger partial charge is 0.354 e. The number of carboxylic acids is 1. The highest BCUT2D eigenvalue weighted by atomic mass is 79.9. The first-order valence-electron chi connectivity index (χ1n) is 7.78. The van der Waals surface area contributed by atoms with Crippen molar-refractivity contribution >= 4 is 27.5 Å². The number of carbonyl (C=O) groups is 1. The molecule has 0 saturated heterocycles. The average molecular weight is 430 g/mol. The molecule has 1 N–H and O–H groups in total. The Morgan fingerprint density at radius 2 is 1.78 bits per heavy atom. The van der Waals surface area contributed by atoms with E-state index in [9.17, 15) is 18.7 Å². The molecule has 0 amide bonds. The van der Waals surface area contributed by atoms with E-state index in [1.807, 2.05) is 0 Å². The van der Waals surface area contributed by atoms with Crippen molar-refractivity contribution in [2.45, 2.75) is 0 Å². The zero-order chi connectivity index (χ0) is 19.1. The topological polar surface area (TPSA) is 67.5 Å². The molecule has 0 unspecified atom stereocenters. The minimum Gasteiger partial charge on any atom is -0.477 e. The molecule has 8 heteroatoms. The Balaban J connectivity index is 1.97. The summed E-state index contributed by atoms with van der Waals surface area (Å²) < 4.78 is 29.6. The van der Waals surface area contributed by atoms with Crippen LogP contribution < -0.4 is 0 Å². The molecular formula is C19H10BrF2N3O2. The molecule has 4 aromatic rings. The zero-order valence-electron chi connectivity index (χ0n) is 13.5. The van der Waals surface area contributed by atoms with Gasteiger partial charge in [-0.25, -0.2) is 23.1 Å². The molecular weight excluding hydrogens is 420 g/mol. The lowest BCUT2D eigenvalue weighted by atomic mass is 10.1. The minimum absolute atomic E-state index is 0.190. The first kappa shape index (κ1) is 17.3. The predicted molar refractivity (Wildman–Crippen MR) is 98.4 cm³/mol. The summed E-state index contributed by atoms with van der Waals surface area (Å²) >= 11 is 3.20. The van der Waals surface area contributed by atoms with Gasteiger partial charge >= 0.3 is 5.97 Å². The fourth-order valence-corrected chi connectivity index (χ4v) is 3.07. The van der Waals surface area contributed by atoms with Gasteiger partial charge in [-0.1, -0.05) is 15.9 Å². The van der Waals surface area contributed by atoms with Crippen LogP contribution in [0.4, 0.5) is 8.78 Å². The van der Waals surface area contributed by atoms with Crippen molar-refractivity contribution in [2.75, 3.05) is 0 Å². The van der Waals surface area contributed by atoms with Crippen LogP contribution in [0.1, 0.15) is 10.5 Å². The highest BCUT2D eigenvalue weighted by molar-refractivity contribution is 9.10. The molecule has 0 aliphatic heterocycles. The van der Waals surface area contributed by atoms with Crippen LogP contribution in [0, 0.1) is 11.6 Å². The summed E-state index contributed by atoms with van der Waals surface area (Å²) in [6, 6.07) is 13.0. The molecule has 5 nitrogen and oxygen atoms in total. The second-order valence-electron chi connectivity index (χ2n) is 5.76. The van der Waals surface area contributed by atoms with Gasteiger partial charge in [0.25, 0.3) is 0 Å². The molecule has 0 bridgehead atoms. The van der Waals surface area contributed by atoms with Gasteiger partial charge in [0.1, 0.15) is 11.6 Å². The van der Waals surface area contributed by atoms with Crippen molar-refractivity contribution in [1.29, 1.82) is 0 Å². The van der Waals surface area contributed by atoms with E-state index in [1.54, 1.807) is 12.1 Å². The normalized spacial score (nSPS) is 11.1. The van der Waals surface area contributed by atoms with Crippen molar-refractivity contribution in [2.24, 2.45) is 0 Å². The van der Waals surface area contributed by atoms with Crippen LogP contribution in [0.5, 0.6) is 0 Å². The van der Waals surface area contributed by atoms with Crippen molar-refractivity contribution in [1.82, 2.24) is 14.6 Å². The summed E-state index contributed by atoms with van der Waals surface area (Å²) in [4.78, 5) is 15.5. The van der Waals surface area contributed by atoms with Gasteiger partial charge in [0.05, 0.1) is 11.4 Å². The SMILES string of the molecule is O=C(O)c1cc(-c2ccc(F)cc2)n2nc(-c3ccc(Br)cc3F)cc2n1. The van der Waals surface area contributed by atoms with E-state index < -0.39 is 17.6 Å². The van der Waals surface area contributed by atoms with Crippen LogP contribution in [0.15, 0.2) is 59.1 Å². The Bertz CT molecular complexity index is 1190. The Kier molecular flexibility index (Phi) is 4.19. The van der Waals surface area contributed by atoms with Crippen LogP contribution in [0.3, 0.4) is 0 Å². The van der Waals surface area contributed by atoms with Crippen molar-refractivity contribution in [3.63, 3.8) is 0 Å². The van der Waals surface area contributed by atoms with Crippen LogP contribution in [0.25, 0.3) is 28.2 Å². The number of hydrogen-bond donors (Lipinski definition) is 1. The Morgan fingerprint density at radius 3 is 2.44 bits per heavy atom. The van der Waals surface area contributed by atoms with Crippen LogP contribution in [0.2, 0.25) is 0 Å². The summed E-state index contributed by atoms with van der Waals surface area (Å²) in [6.07, 6.45) is 0. The Labute approximate surface area is 160 Å². The number of aromatic nitrogens is 3. The van der Waals surface area contributed by atoms with Gasteiger partial charge in [0.15, 0.2) is 11.3 Å². The largest absolute Gasteiger partial charge is 0.477 e. The van der Waals surface area contributed by atoms with Crippen LogP contribution in [-0.4, -0.2) is 25.7 Å². The Morgan fingerprint density at radius 1 is 1.04 bits per heavy atom. The molecule has 2 aromatic heterocycles. The number of fused-ring (bicyclic) bond motifs is 1. The number of hydrogen-bond acceptors (Lipinski definition) is 3. The van der Waals surface area contributed by atoms with E-state index in [1.165, 1.54) is 47.0 Å². The first-order chi connectivity index (χ1) is 12.9. The third-order valence-corrected chi connectivity index (χ3v) is 4.49. The van der Waals surface area contributed by atoms with E-state index >= 15 is 0 Å². The molecule has 134 valence electrons. The molecule has 0 fully saturated rings. The molecule has 0 saturated carbocycles. The second kappa shape index (κ2) is 6.55. The number of benzene rings is 2. The van der Waals surface area contributed by atoms with E-state index in [4.69, 9.17) is 0 Å². The molecule has 27 heavy (non-hydrogen) atoms. The van der Waals surface area contributed by atoms with Gasteiger partial charge in [0.2, 0.25) is 0 Å². The summed E-state index contributed by atoms with van der Waals surface area (Å²) in [5.74, 6) is -2.10. The second-order valence-corrected chi connectivity index (χ2v) is 6.68. The summed E-state index contributed by atoms with van der Waals surface area (Å²) in [6.45, 7) is 0. The molecule has 0 atom stereocenters. The number of halogens is 3. The molecule has 2 heterocycles. The fraction of sp³-hybridized carbons (Fsp3) is 0. The monoisotopic (exact) mass is 429 g/mol. The fourth-order valence-electron chi connectivity index (χ4n) is 2.74. The number of nitrogens with zero attached hydrogens (tertiary/aromatic N) is 3. The van der Waals surface area contributed by atoms with Crippen molar-refractivity contribution in [3.05, 3.63) is 76.4 Å². The van der Waals surface area contributed by atoms with Crippen molar-refractivity contribution in [3.8, 4) is 22.5 Å². The lowest BCUT2D eigenvalue weighted by Crippen LogP contribution is -2.05. The van der Waals surface area contributed by atoms with Gasteiger partial charge in [-0.2, -0.15) is 5.10 Å². The minimum atomic E-state index is -1.21. The van der Waals surface area contributed by atoms with E-state index in [2.05, 4.69) is 26.0 Å². The summed E-state index contributed by atoms with van der Waals surface area (Å²) in [5.41, 5.74) is 1.57. The van der Waals surface area contributed by atoms with Crippen molar-refractivity contribution < 1.29 is 18.7 Å². The van der Waals surface area contributed by atoms with E-state index in [0.29, 0.717) is 21.4 Å². The Hall–Kier alpha value is -3.13. The molecule has 4 rings (SSSR count). The standard InChI is InChI=1S/C19H10BrF2N3O2/c20-11-3-6-13(14(22)7-11)15-9-18-23-16(19(26)27)8-17(25(18)24-15)10-1-4-12(21)5-2-10/h1-9H,(H,26,27). The van der Waals surface area contributed by atoms with Gasteiger partial charge < -0.3 is 5.11 Å². The van der Waals surface area contributed by atoms with Crippen LogP contribution in [-0.2, 0) is 0 Å². The molecule has 0 aliphatic carbocycles. The maximum Gasteiger partial charge on any atom is 0.354 e. The van der Waals surface area contributed by atoms with E-state index in [-0.39, 0.29) is 16.9 Å². The van der Waals surface area contributed by atoms with Gasteiger partial charge in [0, 0.05) is 21.7 Å². The van der Waals surface area contributed by atoms with Gasteiger partial charge in [-0.15, -0.1) is 0 Å². The number of carboxylic acid groups (broad SMARTS) is 1. The molecule has 0 spiro atoms. The lowest BCUT2D eigenvalue weighted by Gasteiger charge is -2.06. The highest BCUT2D eigenvalue weighted by Crippen LogP contribution is 2.28. The molecule has 2 aromatic carbocycles. The third kappa shape index (κ3) is 3.19. The summed E-state index contributed by atoms with van der Waals surface area (Å²) in [5, 5.41) is 13.7. The first-order valence-corrected chi connectivity index (χ1v) is 8.57. The molecule has 0 aliphatic rings. The maximum atomic E-state index is 14.3. The van der Waals surface area contributed by atoms with E-state index in [0.717, 1.165) is 0 Å². The zero-order valence-corrected chi connectivity index (χ0v) is 15.1. The summed E-state index contributed by atoms with van der Waals surface area (Å²) in [7, 11) is 0. The number of rotatable bonds is 3. The third-order valence-electron chi connectivity index (χ3n) is 3.99. The van der Waals surface area contributed by atoms with Gasteiger partial charge in [-0.05, 0) is 48.5 Å². The molecule has 0 radical (unpaired) electrons. The quantitative estimate of drug-likeness (QED) is 0.507. The average Bonchev–Trinajstić information content (AvgIpc) is 3.05. The lowest BCUT2D eigenvalue weighted by molar-refractivity contribution is 0.0690.